The number of aromatic carboxylic acids is 1. The van der Waals surface area contributed by atoms with Crippen molar-refractivity contribution in [3.8, 4) is 6.07 Å². The Hall–Kier alpha value is -2.39. The highest BCUT2D eigenvalue weighted by Gasteiger charge is 2.50. The third kappa shape index (κ3) is 2.59. The first-order valence-electron chi connectivity index (χ1n) is 8.66. The van der Waals surface area contributed by atoms with Crippen molar-refractivity contribution in [1.29, 1.82) is 5.26 Å². The molecule has 0 amide bonds. The van der Waals surface area contributed by atoms with E-state index in [1.54, 1.807) is 10.6 Å². The van der Waals surface area contributed by atoms with Gasteiger partial charge in [-0.25, -0.2) is 9.31 Å². The lowest BCUT2D eigenvalue weighted by atomic mass is 9.84. The van der Waals surface area contributed by atoms with Gasteiger partial charge in [0.1, 0.15) is 5.41 Å². The van der Waals surface area contributed by atoms with Gasteiger partial charge in [-0.3, -0.25) is 0 Å². The Morgan fingerprint density at radius 2 is 2.20 bits per heavy atom. The summed E-state index contributed by atoms with van der Waals surface area (Å²) in [7, 11) is 0. The zero-order chi connectivity index (χ0) is 17.8. The standard InChI is InChI=1S/C19H21N3O3/c1-18(2)9-12(3-6-25-18)13-7-14-8-15(17(23)24)16(22(14)21-10-13)19(11-20)4-5-19/h7-8,10,12H,3-6,9H2,1-2H3,(H,23,24). The summed E-state index contributed by atoms with van der Waals surface area (Å²) < 4.78 is 7.43. The van der Waals surface area contributed by atoms with E-state index < -0.39 is 11.4 Å². The molecule has 130 valence electrons. The van der Waals surface area contributed by atoms with E-state index in [-0.39, 0.29) is 11.2 Å². The maximum atomic E-state index is 11.7. The first kappa shape index (κ1) is 16.1. The molecule has 1 N–H and O–H groups in total. The second-order valence-electron chi connectivity index (χ2n) is 7.83. The lowest BCUT2D eigenvalue weighted by Crippen LogP contribution is -2.33. The summed E-state index contributed by atoms with van der Waals surface area (Å²) in [5.74, 6) is -0.658. The molecule has 6 nitrogen and oxygen atoms in total. The van der Waals surface area contributed by atoms with Crippen molar-refractivity contribution < 1.29 is 14.6 Å². The number of nitrogens with zero attached hydrogens (tertiary/aromatic N) is 3. The Kier molecular flexibility index (Phi) is 3.41. The van der Waals surface area contributed by atoms with Gasteiger partial charge in [0.25, 0.3) is 0 Å². The van der Waals surface area contributed by atoms with E-state index in [0.29, 0.717) is 31.1 Å². The first-order valence-corrected chi connectivity index (χ1v) is 8.66. The van der Waals surface area contributed by atoms with Gasteiger partial charge in [0.2, 0.25) is 0 Å². The molecule has 1 aliphatic carbocycles. The molecule has 0 aromatic carbocycles. The molecule has 0 radical (unpaired) electrons. The fourth-order valence-electron chi connectivity index (χ4n) is 3.97. The molecule has 1 unspecified atom stereocenters. The molecule has 2 aliphatic rings. The van der Waals surface area contributed by atoms with Crippen molar-refractivity contribution in [3.05, 3.63) is 35.2 Å². The van der Waals surface area contributed by atoms with E-state index in [2.05, 4.69) is 25.0 Å². The predicted octanol–water partition coefficient (Wildman–Crippen LogP) is 3.26. The topological polar surface area (TPSA) is 87.6 Å². The number of aromatic nitrogens is 2. The Bertz CT molecular complexity index is 903. The molecule has 4 rings (SSSR count). The monoisotopic (exact) mass is 339 g/mol. The molecule has 1 saturated heterocycles. The van der Waals surface area contributed by atoms with Crippen LogP contribution in [0.3, 0.4) is 0 Å². The predicted molar refractivity (Wildman–Crippen MR) is 90.7 cm³/mol. The summed E-state index contributed by atoms with van der Waals surface area (Å²) >= 11 is 0. The molecule has 1 aliphatic heterocycles. The van der Waals surface area contributed by atoms with Crippen LogP contribution in [0.2, 0.25) is 0 Å². The van der Waals surface area contributed by atoms with Crippen molar-refractivity contribution in [2.24, 2.45) is 0 Å². The number of rotatable bonds is 3. The van der Waals surface area contributed by atoms with Gasteiger partial charge >= 0.3 is 5.97 Å². The molecule has 2 fully saturated rings. The fraction of sp³-hybridized carbons (Fsp3) is 0.526. The third-order valence-electron chi connectivity index (χ3n) is 5.46. The summed E-state index contributed by atoms with van der Waals surface area (Å²) in [4.78, 5) is 11.7. The Balaban J connectivity index is 1.80. The van der Waals surface area contributed by atoms with Gasteiger partial charge in [0.15, 0.2) is 0 Å². The summed E-state index contributed by atoms with van der Waals surface area (Å²) in [6, 6.07) is 5.96. The highest BCUT2D eigenvalue weighted by Crippen LogP contribution is 2.49. The molecular formula is C19H21N3O3. The largest absolute Gasteiger partial charge is 0.478 e. The maximum Gasteiger partial charge on any atom is 0.337 e. The van der Waals surface area contributed by atoms with Crippen LogP contribution >= 0.6 is 0 Å². The first-order chi connectivity index (χ1) is 11.9. The van der Waals surface area contributed by atoms with Gasteiger partial charge in [0.05, 0.1) is 34.6 Å². The average Bonchev–Trinajstić information content (AvgIpc) is 3.26. The number of carbonyl (C=O) groups is 1. The summed E-state index contributed by atoms with van der Waals surface area (Å²) in [6.07, 6.45) is 5.04. The summed E-state index contributed by atoms with van der Waals surface area (Å²) in [5, 5.41) is 23.6. The molecule has 0 bridgehead atoms. The van der Waals surface area contributed by atoms with Crippen LogP contribution in [-0.4, -0.2) is 32.9 Å². The van der Waals surface area contributed by atoms with E-state index >= 15 is 0 Å². The van der Waals surface area contributed by atoms with E-state index in [1.165, 1.54) is 0 Å². The maximum absolute atomic E-state index is 11.7. The molecule has 6 heteroatoms. The van der Waals surface area contributed by atoms with Gasteiger partial charge in [-0.15, -0.1) is 0 Å². The van der Waals surface area contributed by atoms with E-state index in [9.17, 15) is 15.2 Å². The smallest absolute Gasteiger partial charge is 0.337 e. The number of nitriles is 1. The van der Waals surface area contributed by atoms with E-state index in [0.717, 1.165) is 23.9 Å². The highest BCUT2D eigenvalue weighted by atomic mass is 16.5. The number of fused-ring (bicyclic) bond motifs is 1. The number of hydrogen-bond donors (Lipinski definition) is 1. The quantitative estimate of drug-likeness (QED) is 0.927. The van der Waals surface area contributed by atoms with Crippen molar-refractivity contribution in [1.82, 2.24) is 9.61 Å². The highest BCUT2D eigenvalue weighted by molar-refractivity contribution is 5.92. The van der Waals surface area contributed by atoms with Gasteiger partial charge in [0, 0.05) is 6.61 Å². The van der Waals surface area contributed by atoms with Crippen molar-refractivity contribution >= 4 is 11.5 Å². The second-order valence-corrected chi connectivity index (χ2v) is 7.83. The number of carboxylic acid groups (broad SMARTS) is 1. The van der Waals surface area contributed by atoms with E-state index in [1.807, 2.05) is 12.3 Å². The number of ether oxygens (including phenoxy) is 1. The molecule has 1 saturated carbocycles. The zero-order valence-electron chi connectivity index (χ0n) is 14.5. The van der Waals surface area contributed by atoms with Crippen LogP contribution in [0, 0.1) is 11.3 Å². The Morgan fingerprint density at radius 1 is 1.44 bits per heavy atom. The van der Waals surface area contributed by atoms with Crippen molar-refractivity contribution in [3.63, 3.8) is 0 Å². The molecule has 2 aromatic heterocycles. The lowest BCUT2D eigenvalue weighted by Gasteiger charge is -2.35. The minimum Gasteiger partial charge on any atom is -0.478 e. The Labute approximate surface area is 146 Å². The Morgan fingerprint density at radius 3 is 2.80 bits per heavy atom. The van der Waals surface area contributed by atoms with Gasteiger partial charge < -0.3 is 9.84 Å². The van der Waals surface area contributed by atoms with Crippen LogP contribution in [-0.2, 0) is 10.2 Å². The average molecular weight is 339 g/mol. The van der Waals surface area contributed by atoms with Gasteiger partial charge in [-0.05, 0) is 63.1 Å². The molecule has 2 aromatic rings. The van der Waals surface area contributed by atoms with Crippen LogP contribution in [0.5, 0.6) is 0 Å². The lowest BCUT2D eigenvalue weighted by molar-refractivity contribution is -0.0593. The van der Waals surface area contributed by atoms with Crippen LogP contribution < -0.4 is 0 Å². The summed E-state index contributed by atoms with van der Waals surface area (Å²) in [5.41, 5.74) is 1.71. The van der Waals surface area contributed by atoms with Crippen LogP contribution in [0.4, 0.5) is 0 Å². The SMILES string of the molecule is CC1(C)CC(c2cnn3c(C4(C#N)CC4)c(C(=O)O)cc3c2)CCO1. The summed E-state index contributed by atoms with van der Waals surface area (Å²) in [6.45, 7) is 4.90. The molecule has 1 atom stereocenters. The molecule has 25 heavy (non-hydrogen) atoms. The second kappa shape index (κ2) is 5.30. The number of hydrogen-bond acceptors (Lipinski definition) is 4. The third-order valence-corrected chi connectivity index (χ3v) is 5.46. The minimum atomic E-state index is -1.00. The van der Waals surface area contributed by atoms with Crippen LogP contribution in [0.1, 0.15) is 67.1 Å². The molecular weight excluding hydrogens is 318 g/mol. The van der Waals surface area contributed by atoms with Gasteiger partial charge in [-0.2, -0.15) is 10.4 Å². The normalized spacial score (nSPS) is 24.0. The van der Waals surface area contributed by atoms with Crippen LogP contribution in [0.25, 0.3) is 5.52 Å². The molecule has 0 spiro atoms. The van der Waals surface area contributed by atoms with Gasteiger partial charge in [-0.1, -0.05) is 0 Å². The van der Waals surface area contributed by atoms with E-state index in [4.69, 9.17) is 4.74 Å². The molecule has 3 heterocycles. The van der Waals surface area contributed by atoms with Crippen molar-refractivity contribution in [2.75, 3.05) is 6.61 Å². The minimum absolute atomic E-state index is 0.159. The van der Waals surface area contributed by atoms with Crippen molar-refractivity contribution in [2.45, 2.75) is 56.5 Å². The number of carboxylic acids is 1. The van der Waals surface area contributed by atoms with Crippen LogP contribution in [0.15, 0.2) is 18.3 Å². The zero-order valence-corrected chi connectivity index (χ0v) is 14.5. The fourth-order valence-corrected chi connectivity index (χ4v) is 3.97.